The molecule has 1 atom stereocenters. The smallest absolute Gasteiger partial charge is 0.239 e. The van der Waals surface area contributed by atoms with Crippen LogP contribution in [0.1, 0.15) is 26.2 Å². The quantitative estimate of drug-likeness (QED) is 0.719. The van der Waals surface area contributed by atoms with Gasteiger partial charge in [-0.15, -0.1) is 0 Å². The average molecular weight is 227 g/mol. The predicted octanol–water partition coefficient (Wildman–Crippen LogP) is 0.539. The Labute approximate surface area is 99.0 Å². The molecule has 1 aliphatic rings. The maximum atomic E-state index is 12.1. The fourth-order valence-corrected chi connectivity index (χ4v) is 2.12. The van der Waals surface area contributed by atoms with E-state index in [4.69, 9.17) is 0 Å². The Morgan fingerprint density at radius 1 is 1.38 bits per heavy atom. The molecule has 4 heteroatoms. The minimum atomic E-state index is 0.0827. The maximum absolute atomic E-state index is 12.1. The summed E-state index contributed by atoms with van der Waals surface area (Å²) < 4.78 is 0. The lowest BCUT2D eigenvalue weighted by Crippen LogP contribution is -2.44. The van der Waals surface area contributed by atoms with E-state index in [9.17, 15) is 4.79 Å². The van der Waals surface area contributed by atoms with Gasteiger partial charge >= 0.3 is 0 Å². The normalized spacial score (nSPS) is 20.4. The average Bonchev–Trinajstić information content (AvgIpc) is 2.76. The molecule has 0 bridgehead atoms. The molecule has 0 aromatic carbocycles. The number of amides is 1. The predicted molar refractivity (Wildman–Crippen MR) is 66.4 cm³/mol. The number of nitrogens with zero attached hydrogens (tertiary/aromatic N) is 2. The molecule has 16 heavy (non-hydrogen) atoms. The van der Waals surface area contributed by atoms with E-state index in [1.807, 2.05) is 4.90 Å². The summed E-state index contributed by atoms with van der Waals surface area (Å²) in [6.45, 7) is 5.80. The summed E-state index contributed by atoms with van der Waals surface area (Å²) in [4.78, 5) is 16.2. The summed E-state index contributed by atoms with van der Waals surface area (Å²) in [6, 6.07) is 0.0827. The molecule has 1 aliphatic heterocycles. The Bertz CT molecular complexity index is 212. The topological polar surface area (TPSA) is 35.6 Å². The van der Waals surface area contributed by atoms with Crippen molar-refractivity contribution in [2.45, 2.75) is 32.2 Å². The first kappa shape index (κ1) is 13.5. The largest absolute Gasteiger partial charge is 0.342 e. The third-order valence-corrected chi connectivity index (χ3v) is 3.09. The number of carbonyl (C=O) groups excluding carboxylic acids is 1. The fourth-order valence-electron chi connectivity index (χ4n) is 2.12. The van der Waals surface area contributed by atoms with E-state index in [1.165, 1.54) is 0 Å². The van der Waals surface area contributed by atoms with Crippen molar-refractivity contribution >= 4 is 5.91 Å². The van der Waals surface area contributed by atoms with Crippen molar-refractivity contribution < 1.29 is 4.79 Å². The zero-order chi connectivity index (χ0) is 12.0. The zero-order valence-electron chi connectivity index (χ0n) is 10.8. The Hall–Kier alpha value is -0.610. The second-order valence-corrected chi connectivity index (χ2v) is 4.72. The highest BCUT2D eigenvalue weighted by molar-refractivity contribution is 5.82. The van der Waals surface area contributed by atoms with Gasteiger partial charge in [-0.3, -0.25) is 4.79 Å². The molecule has 1 heterocycles. The zero-order valence-corrected chi connectivity index (χ0v) is 10.8. The number of hydrogen-bond acceptors (Lipinski definition) is 3. The summed E-state index contributed by atoms with van der Waals surface area (Å²) in [6.07, 6.45) is 3.19. The lowest BCUT2D eigenvalue weighted by Gasteiger charge is -2.24. The number of carbonyl (C=O) groups is 1. The van der Waals surface area contributed by atoms with Crippen molar-refractivity contribution in [3.63, 3.8) is 0 Å². The summed E-state index contributed by atoms with van der Waals surface area (Å²) in [5, 5.41) is 3.27. The first-order valence-corrected chi connectivity index (χ1v) is 6.32. The Kier molecular flexibility index (Phi) is 5.77. The SMILES string of the molecule is CCN(CCCN(C)C)C(=O)[C@H]1CCCN1. The number of nitrogens with one attached hydrogen (secondary N) is 1. The van der Waals surface area contributed by atoms with Crippen LogP contribution in [0.15, 0.2) is 0 Å². The van der Waals surface area contributed by atoms with Crippen LogP contribution in [-0.4, -0.2) is 62.0 Å². The maximum Gasteiger partial charge on any atom is 0.239 e. The van der Waals surface area contributed by atoms with Gasteiger partial charge in [0.15, 0.2) is 0 Å². The van der Waals surface area contributed by atoms with Gasteiger partial charge in [0.25, 0.3) is 0 Å². The molecule has 0 unspecified atom stereocenters. The minimum absolute atomic E-state index is 0.0827. The van der Waals surface area contributed by atoms with Crippen LogP contribution in [0.3, 0.4) is 0 Å². The third kappa shape index (κ3) is 4.10. The first-order valence-electron chi connectivity index (χ1n) is 6.32. The molecule has 0 spiro atoms. The summed E-state index contributed by atoms with van der Waals surface area (Å²) in [7, 11) is 4.13. The van der Waals surface area contributed by atoms with Crippen LogP contribution in [0.25, 0.3) is 0 Å². The van der Waals surface area contributed by atoms with E-state index >= 15 is 0 Å². The molecule has 0 aromatic rings. The second kappa shape index (κ2) is 6.86. The molecule has 0 aromatic heterocycles. The van der Waals surface area contributed by atoms with E-state index in [2.05, 4.69) is 31.2 Å². The van der Waals surface area contributed by atoms with Crippen LogP contribution in [0.2, 0.25) is 0 Å². The summed E-state index contributed by atoms with van der Waals surface area (Å²) in [5.74, 6) is 0.291. The standard InChI is InChI=1S/C12H25N3O/c1-4-15(10-6-9-14(2)3)12(16)11-7-5-8-13-11/h11,13H,4-10H2,1-3H3/t11-/m1/s1. The highest BCUT2D eigenvalue weighted by Crippen LogP contribution is 2.08. The molecule has 0 radical (unpaired) electrons. The molecule has 1 fully saturated rings. The van der Waals surface area contributed by atoms with Crippen LogP contribution in [-0.2, 0) is 4.79 Å². The van der Waals surface area contributed by atoms with Crippen molar-refractivity contribution in [2.75, 3.05) is 40.3 Å². The molecule has 94 valence electrons. The van der Waals surface area contributed by atoms with E-state index < -0.39 is 0 Å². The van der Waals surface area contributed by atoms with Gasteiger partial charge in [0.2, 0.25) is 5.91 Å². The van der Waals surface area contributed by atoms with Gasteiger partial charge in [0, 0.05) is 13.1 Å². The number of hydrogen-bond donors (Lipinski definition) is 1. The van der Waals surface area contributed by atoms with Crippen molar-refractivity contribution in [2.24, 2.45) is 0 Å². The minimum Gasteiger partial charge on any atom is -0.342 e. The van der Waals surface area contributed by atoms with Gasteiger partial charge in [-0.1, -0.05) is 0 Å². The molecule has 4 nitrogen and oxygen atoms in total. The van der Waals surface area contributed by atoms with E-state index in [0.29, 0.717) is 5.91 Å². The molecule has 1 N–H and O–H groups in total. The molecule has 0 aliphatic carbocycles. The molecular weight excluding hydrogens is 202 g/mol. The van der Waals surface area contributed by atoms with Crippen molar-refractivity contribution in [1.29, 1.82) is 0 Å². The Morgan fingerprint density at radius 2 is 2.12 bits per heavy atom. The monoisotopic (exact) mass is 227 g/mol. The van der Waals surface area contributed by atoms with Gasteiger partial charge in [0.1, 0.15) is 0 Å². The van der Waals surface area contributed by atoms with Gasteiger partial charge in [-0.25, -0.2) is 0 Å². The van der Waals surface area contributed by atoms with Gasteiger partial charge in [-0.05, 0) is 53.4 Å². The van der Waals surface area contributed by atoms with Crippen LogP contribution >= 0.6 is 0 Å². The van der Waals surface area contributed by atoms with Crippen LogP contribution < -0.4 is 5.32 Å². The van der Waals surface area contributed by atoms with E-state index in [1.54, 1.807) is 0 Å². The lowest BCUT2D eigenvalue weighted by molar-refractivity contribution is -0.133. The Balaban J connectivity index is 2.31. The van der Waals surface area contributed by atoms with Gasteiger partial charge in [-0.2, -0.15) is 0 Å². The number of likely N-dealkylation sites (N-methyl/N-ethyl adjacent to an activating group) is 1. The van der Waals surface area contributed by atoms with Crippen LogP contribution in [0.4, 0.5) is 0 Å². The molecule has 1 rings (SSSR count). The van der Waals surface area contributed by atoms with Gasteiger partial charge in [0.05, 0.1) is 6.04 Å². The van der Waals surface area contributed by atoms with E-state index in [0.717, 1.165) is 45.4 Å². The summed E-state index contributed by atoms with van der Waals surface area (Å²) in [5.41, 5.74) is 0. The van der Waals surface area contributed by atoms with Crippen molar-refractivity contribution in [3.8, 4) is 0 Å². The molecule has 1 amide bonds. The van der Waals surface area contributed by atoms with E-state index in [-0.39, 0.29) is 6.04 Å². The third-order valence-electron chi connectivity index (χ3n) is 3.09. The van der Waals surface area contributed by atoms with Gasteiger partial charge < -0.3 is 15.1 Å². The van der Waals surface area contributed by atoms with Crippen molar-refractivity contribution in [3.05, 3.63) is 0 Å². The van der Waals surface area contributed by atoms with Crippen LogP contribution in [0.5, 0.6) is 0 Å². The highest BCUT2D eigenvalue weighted by Gasteiger charge is 2.25. The second-order valence-electron chi connectivity index (χ2n) is 4.72. The highest BCUT2D eigenvalue weighted by atomic mass is 16.2. The number of rotatable bonds is 6. The van der Waals surface area contributed by atoms with Crippen LogP contribution in [0, 0.1) is 0 Å². The first-order chi connectivity index (χ1) is 7.65. The molecular formula is C12H25N3O. The van der Waals surface area contributed by atoms with Crippen molar-refractivity contribution in [1.82, 2.24) is 15.1 Å². The molecule has 0 saturated carbocycles. The summed E-state index contributed by atoms with van der Waals surface area (Å²) >= 11 is 0. The molecule has 1 saturated heterocycles. The Morgan fingerprint density at radius 3 is 2.62 bits per heavy atom. The lowest BCUT2D eigenvalue weighted by atomic mass is 10.2. The fraction of sp³-hybridized carbons (Fsp3) is 0.917.